The van der Waals surface area contributed by atoms with Gasteiger partial charge in [0, 0.05) is 19.3 Å². The lowest BCUT2D eigenvalue weighted by atomic mass is 10.2. The van der Waals surface area contributed by atoms with Crippen molar-refractivity contribution in [2.24, 2.45) is 12.0 Å². The fraction of sp³-hybridized carbons (Fsp3) is 0.700. The van der Waals surface area contributed by atoms with Crippen molar-refractivity contribution in [2.45, 2.75) is 83.5 Å². The molecule has 0 atom stereocenters. The van der Waals surface area contributed by atoms with Gasteiger partial charge in [0.25, 0.3) is 0 Å². The van der Waals surface area contributed by atoms with E-state index in [1.165, 1.54) is 51.4 Å². The minimum absolute atomic E-state index is 0. The third kappa shape index (κ3) is 5.70. The second-order valence-corrected chi connectivity index (χ2v) is 8.09. The smallest absolute Gasteiger partial charge is 0.192 e. The molecule has 160 valence electrons. The predicted molar refractivity (Wildman–Crippen MR) is 124 cm³/mol. The Bertz CT molecular complexity index is 799. The highest BCUT2D eigenvalue weighted by atomic mass is 127. The van der Waals surface area contributed by atoms with Crippen LogP contribution in [0.25, 0.3) is 0 Å². The Balaban J connectivity index is 0.00000240. The van der Waals surface area contributed by atoms with Crippen LogP contribution in [0.4, 0.5) is 0 Å². The van der Waals surface area contributed by atoms with Crippen LogP contribution >= 0.6 is 24.0 Å². The molecule has 4 rings (SSSR count). The number of halogens is 1. The Morgan fingerprint density at radius 2 is 1.86 bits per heavy atom. The highest BCUT2D eigenvalue weighted by Crippen LogP contribution is 2.28. The average molecular weight is 512 g/mol. The second-order valence-electron chi connectivity index (χ2n) is 8.09. The van der Waals surface area contributed by atoms with E-state index in [4.69, 9.17) is 10.1 Å². The molecule has 8 nitrogen and oxygen atoms in total. The summed E-state index contributed by atoms with van der Waals surface area (Å²) < 4.78 is 4.14. The predicted octanol–water partition coefficient (Wildman–Crippen LogP) is 3.23. The van der Waals surface area contributed by atoms with Crippen molar-refractivity contribution in [3.63, 3.8) is 0 Å². The number of rotatable bonds is 6. The topological polar surface area (TPSA) is 85.0 Å². The first kappa shape index (κ1) is 22.0. The van der Waals surface area contributed by atoms with Gasteiger partial charge in [0.2, 0.25) is 0 Å². The number of nitrogens with zero attached hydrogens (tertiary/aromatic N) is 6. The summed E-state index contributed by atoms with van der Waals surface area (Å²) in [6.07, 6.45) is 12.2. The zero-order chi connectivity index (χ0) is 19.3. The fourth-order valence-electron chi connectivity index (χ4n) is 4.18. The minimum Gasteiger partial charge on any atom is -0.354 e. The number of nitrogens with one attached hydrogen (secondary N) is 2. The summed E-state index contributed by atoms with van der Waals surface area (Å²) in [5.41, 5.74) is 1.02. The summed E-state index contributed by atoms with van der Waals surface area (Å²) in [5, 5.41) is 20.1. The maximum absolute atomic E-state index is 4.81. The van der Waals surface area contributed by atoms with Gasteiger partial charge in [-0.05, 0) is 38.7 Å². The third-order valence-electron chi connectivity index (χ3n) is 6.05. The third-order valence-corrected chi connectivity index (χ3v) is 6.05. The number of hydrogen-bond acceptors (Lipinski definition) is 4. The Morgan fingerprint density at radius 3 is 2.55 bits per heavy atom. The summed E-state index contributed by atoms with van der Waals surface area (Å²) in [7, 11) is 1.99. The summed E-state index contributed by atoms with van der Waals surface area (Å²) in [6, 6.07) is 3.18. The van der Waals surface area contributed by atoms with E-state index in [0.29, 0.717) is 25.2 Å². The fourth-order valence-corrected chi connectivity index (χ4v) is 4.18. The Labute approximate surface area is 190 Å². The quantitative estimate of drug-likeness (QED) is 0.353. The van der Waals surface area contributed by atoms with Crippen LogP contribution in [0.2, 0.25) is 0 Å². The normalized spacial score (nSPS) is 18.2. The lowest BCUT2D eigenvalue weighted by Gasteiger charge is -2.17. The highest BCUT2D eigenvalue weighted by molar-refractivity contribution is 14.0. The molecule has 2 aromatic rings. The number of hydrogen-bond donors (Lipinski definition) is 2. The van der Waals surface area contributed by atoms with E-state index < -0.39 is 0 Å². The first-order valence-electron chi connectivity index (χ1n) is 10.6. The van der Waals surface area contributed by atoms with Crippen LogP contribution in [-0.4, -0.2) is 36.5 Å². The van der Waals surface area contributed by atoms with Crippen LogP contribution in [0, 0.1) is 6.92 Å². The first-order chi connectivity index (χ1) is 13.7. The summed E-state index contributed by atoms with van der Waals surface area (Å²) in [4.78, 5) is 4.81. The van der Waals surface area contributed by atoms with Crippen molar-refractivity contribution in [1.29, 1.82) is 0 Å². The maximum Gasteiger partial charge on any atom is 0.192 e. The Kier molecular flexibility index (Phi) is 7.91. The largest absolute Gasteiger partial charge is 0.354 e. The van der Waals surface area contributed by atoms with Crippen LogP contribution < -0.4 is 10.6 Å². The Hall–Kier alpha value is -1.65. The van der Waals surface area contributed by atoms with Gasteiger partial charge in [-0.3, -0.25) is 4.68 Å². The lowest BCUT2D eigenvalue weighted by molar-refractivity contribution is 0.463. The van der Waals surface area contributed by atoms with Gasteiger partial charge >= 0.3 is 0 Å². The van der Waals surface area contributed by atoms with Gasteiger partial charge in [0.05, 0.1) is 24.8 Å². The van der Waals surface area contributed by atoms with Gasteiger partial charge in [-0.25, -0.2) is 4.99 Å². The van der Waals surface area contributed by atoms with Gasteiger partial charge in [-0.15, -0.1) is 34.2 Å². The molecule has 0 spiro atoms. The van der Waals surface area contributed by atoms with Crippen molar-refractivity contribution in [2.75, 3.05) is 0 Å². The molecular weight excluding hydrogens is 479 g/mol. The Morgan fingerprint density at radius 1 is 1.14 bits per heavy atom. The molecule has 2 aliphatic rings. The molecule has 2 aliphatic carbocycles. The number of guanidine groups is 1. The minimum atomic E-state index is 0. The molecule has 2 N–H and O–H groups in total. The van der Waals surface area contributed by atoms with E-state index in [2.05, 4.69) is 37.8 Å². The molecule has 0 unspecified atom stereocenters. The van der Waals surface area contributed by atoms with Gasteiger partial charge in [-0.1, -0.05) is 25.7 Å². The van der Waals surface area contributed by atoms with Crippen molar-refractivity contribution >= 4 is 29.9 Å². The van der Waals surface area contributed by atoms with E-state index in [9.17, 15) is 0 Å². The number of aliphatic imine (C=N–C) groups is 1. The average Bonchev–Trinajstić information content (AvgIpc) is 3.48. The van der Waals surface area contributed by atoms with Crippen LogP contribution in [0.3, 0.4) is 0 Å². The monoisotopic (exact) mass is 512 g/mol. The molecule has 0 radical (unpaired) electrons. The molecule has 9 heteroatoms. The van der Waals surface area contributed by atoms with Crippen molar-refractivity contribution < 1.29 is 0 Å². The van der Waals surface area contributed by atoms with E-state index in [1.807, 2.05) is 18.5 Å². The van der Waals surface area contributed by atoms with Crippen LogP contribution in [0.1, 0.15) is 74.8 Å². The van der Waals surface area contributed by atoms with Gasteiger partial charge in [-0.2, -0.15) is 5.10 Å². The van der Waals surface area contributed by atoms with E-state index in [0.717, 1.165) is 23.3 Å². The standard InChI is InChI=1S/C20H32N8.HI/c1-15-24-25-19(27(15)2)14-22-20(23-16-7-3-4-8-16)21-13-17-11-12-28(26-17)18-9-5-6-10-18;/h11-12,16,18H,3-10,13-14H2,1-2H3,(H2,21,22,23);1H. The van der Waals surface area contributed by atoms with E-state index >= 15 is 0 Å². The molecule has 2 fully saturated rings. The lowest BCUT2D eigenvalue weighted by Crippen LogP contribution is -2.42. The molecule has 0 bridgehead atoms. The second kappa shape index (κ2) is 10.4. The van der Waals surface area contributed by atoms with Crippen molar-refractivity contribution in [3.8, 4) is 0 Å². The molecule has 29 heavy (non-hydrogen) atoms. The van der Waals surface area contributed by atoms with E-state index in [-0.39, 0.29) is 24.0 Å². The molecular formula is C20H33IN8. The van der Waals surface area contributed by atoms with Crippen LogP contribution in [0.5, 0.6) is 0 Å². The zero-order valence-corrected chi connectivity index (χ0v) is 19.8. The molecule has 2 saturated carbocycles. The van der Waals surface area contributed by atoms with Gasteiger partial charge in [0.1, 0.15) is 5.82 Å². The summed E-state index contributed by atoms with van der Waals surface area (Å²) in [6.45, 7) is 3.15. The molecule has 2 heterocycles. The van der Waals surface area contributed by atoms with Gasteiger partial charge < -0.3 is 15.2 Å². The molecule has 0 amide bonds. The maximum atomic E-state index is 4.81. The highest BCUT2D eigenvalue weighted by Gasteiger charge is 2.18. The number of aryl methyl sites for hydroxylation is 1. The van der Waals surface area contributed by atoms with Crippen molar-refractivity contribution in [3.05, 3.63) is 29.6 Å². The first-order valence-corrected chi connectivity index (χ1v) is 10.6. The van der Waals surface area contributed by atoms with Crippen LogP contribution in [0.15, 0.2) is 17.3 Å². The molecule has 2 aromatic heterocycles. The van der Waals surface area contributed by atoms with Crippen LogP contribution in [-0.2, 0) is 20.1 Å². The summed E-state index contributed by atoms with van der Waals surface area (Å²) >= 11 is 0. The van der Waals surface area contributed by atoms with Crippen molar-refractivity contribution in [1.82, 2.24) is 35.2 Å². The number of aromatic nitrogens is 5. The summed E-state index contributed by atoms with van der Waals surface area (Å²) in [5.74, 6) is 2.66. The van der Waals surface area contributed by atoms with Gasteiger partial charge in [0.15, 0.2) is 11.8 Å². The molecule has 0 saturated heterocycles. The van der Waals surface area contributed by atoms with E-state index in [1.54, 1.807) is 0 Å². The zero-order valence-electron chi connectivity index (χ0n) is 17.5. The molecule has 0 aromatic carbocycles. The molecule has 0 aliphatic heterocycles. The SMILES string of the molecule is Cc1nnc(CNC(=NCc2ccn(C3CCCC3)n2)NC2CCCC2)n1C.I.